The summed E-state index contributed by atoms with van der Waals surface area (Å²) in [6, 6.07) is 10.7. The zero-order chi connectivity index (χ0) is 17.6. The molecule has 1 atom stereocenters. The summed E-state index contributed by atoms with van der Waals surface area (Å²) in [5.41, 5.74) is 4.41. The van der Waals surface area contributed by atoms with Crippen molar-refractivity contribution in [3.63, 3.8) is 0 Å². The van der Waals surface area contributed by atoms with Crippen LogP contribution in [0, 0.1) is 0 Å². The molecule has 1 fully saturated rings. The van der Waals surface area contributed by atoms with Gasteiger partial charge in [-0.3, -0.25) is 9.74 Å². The van der Waals surface area contributed by atoms with E-state index in [0.29, 0.717) is 6.54 Å². The van der Waals surface area contributed by atoms with Crippen molar-refractivity contribution in [2.75, 3.05) is 19.6 Å². The van der Waals surface area contributed by atoms with E-state index in [1.807, 2.05) is 20.8 Å². The Balaban J connectivity index is 1.82. The molecule has 24 heavy (non-hydrogen) atoms. The monoisotopic (exact) mass is 332 g/mol. The van der Waals surface area contributed by atoms with E-state index in [-0.39, 0.29) is 17.1 Å². The second-order valence-corrected chi connectivity index (χ2v) is 8.06. The van der Waals surface area contributed by atoms with Gasteiger partial charge in [-0.1, -0.05) is 37.3 Å². The molecule has 0 saturated carbocycles. The van der Waals surface area contributed by atoms with Crippen LogP contribution in [-0.2, 0) is 15.0 Å². The maximum Gasteiger partial charge on any atom is 0.137 e. The van der Waals surface area contributed by atoms with Crippen LogP contribution >= 0.6 is 0 Å². The summed E-state index contributed by atoms with van der Waals surface area (Å²) >= 11 is 0. The summed E-state index contributed by atoms with van der Waals surface area (Å²) in [7, 11) is 0. The first-order valence-corrected chi connectivity index (χ1v) is 9.00. The fraction of sp³-hybridized carbons (Fsp3) is 0.650. The second kappa shape index (κ2) is 8.24. The number of benzene rings is 1. The summed E-state index contributed by atoms with van der Waals surface area (Å²) in [6.07, 6.45) is 4.05. The smallest absolute Gasteiger partial charge is 0.137 e. The van der Waals surface area contributed by atoms with Gasteiger partial charge in [0.1, 0.15) is 6.29 Å². The fourth-order valence-electron chi connectivity index (χ4n) is 3.29. The van der Waals surface area contributed by atoms with Crippen molar-refractivity contribution in [3.8, 4) is 0 Å². The summed E-state index contributed by atoms with van der Waals surface area (Å²) in [4.78, 5) is 19.4. The molecule has 4 heteroatoms. The molecule has 0 radical (unpaired) electrons. The molecule has 0 spiro atoms. The molecule has 1 aromatic carbocycles. The molecule has 1 N–H and O–H groups in total. The van der Waals surface area contributed by atoms with Gasteiger partial charge in [0.2, 0.25) is 0 Å². The first kappa shape index (κ1) is 19.1. The highest BCUT2D eigenvalue weighted by atomic mass is 16.7. The van der Waals surface area contributed by atoms with Crippen molar-refractivity contribution < 1.29 is 9.63 Å². The Hall–Kier alpha value is -1.23. The fourth-order valence-corrected chi connectivity index (χ4v) is 3.29. The van der Waals surface area contributed by atoms with Crippen molar-refractivity contribution in [1.82, 2.24) is 10.4 Å². The van der Waals surface area contributed by atoms with Gasteiger partial charge in [0.05, 0.1) is 11.6 Å². The Bertz CT molecular complexity index is 502. The Morgan fingerprint density at radius 1 is 1.25 bits per heavy atom. The van der Waals surface area contributed by atoms with Gasteiger partial charge in [-0.25, -0.2) is 5.48 Å². The number of carbonyl (C=O) groups excluding carboxylic acids is 1. The maximum atomic E-state index is 11.5. The van der Waals surface area contributed by atoms with Crippen molar-refractivity contribution in [2.45, 2.75) is 64.0 Å². The predicted octanol–water partition coefficient (Wildman–Crippen LogP) is 3.32. The van der Waals surface area contributed by atoms with Crippen LogP contribution in [0.5, 0.6) is 0 Å². The van der Waals surface area contributed by atoms with E-state index < -0.39 is 0 Å². The maximum absolute atomic E-state index is 11.5. The van der Waals surface area contributed by atoms with Crippen LogP contribution in [0.25, 0.3) is 0 Å². The standard InChI is InChI=1S/C20H32N2O2/c1-19(2,3)24-21-13-10-18(16-23)22-14-11-20(4,12-15-22)17-8-6-5-7-9-17/h5-9,16,18,21H,10-15H2,1-4H3. The molecule has 1 heterocycles. The first-order valence-electron chi connectivity index (χ1n) is 9.00. The average molecular weight is 332 g/mol. The second-order valence-electron chi connectivity index (χ2n) is 8.06. The van der Waals surface area contributed by atoms with E-state index in [0.717, 1.165) is 38.6 Å². The highest BCUT2D eigenvalue weighted by molar-refractivity contribution is 5.57. The minimum atomic E-state index is -0.209. The van der Waals surface area contributed by atoms with E-state index >= 15 is 0 Å². The number of carbonyl (C=O) groups is 1. The van der Waals surface area contributed by atoms with Crippen LogP contribution < -0.4 is 5.48 Å². The van der Waals surface area contributed by atoms with Gasteiger partial charge in [-0.05, 0) is 64.1 Å². The topological polar surface area (TPSA) is 41.6 Å². The zero-order valence-corrected chi connectivity index (χ0v) is 15.5. The molecule has 0 aliphatic carbocycles. The SMILES string of the molecule is CC(C)(C)ONCCC(C=O)N1CCC(C)(c2ccccc2)CC1. The molecule has 1 unspecified atom stereocenters. The number of rotatable bonds is 7. The van der Waals surface area contributed by atoms with Crippen molar-refractivity contribution in [2.24, 2.45) is 0 Å². The Morgan fingerprint density at radius 2 is 1.88 bits per heavy atom. The highest BCUT2D eigenvalue weighted by Crippen LogP contribution is 2.35. The molecule has 1 aliphatic rings. The van der Waals surface area contributed by atoms with E-state index in [2.05, 4.69) is 47.6 Å². The van der Waals surface area contributed by atoms with Crippen LogP contribution in [0.2, 0.25) is 0 Å². The summed E-state index contributed by atoms with van der Waals surface area (Å²) < 4.78 is 0. The van der Waals surface area contributed by atoms with Crippen LogP contribution in [0.3, 0.4) is 0 Å². The minimum Gasteiger partial charge on any atom is -0.302 e. The van der Waals surface area contributed by atoms with Gasteiger partial charge >= 0.3 is 0 Å². The van der Waals surface area contributed by atoms with Crippen molar-refractivity contribution >= 4 is 6.29 Å². The Morgan fingerprint density at radius 3 is 2.42 bits per heavy atom. The Labute approximate surface area is 146 Å². The van der Waals surface area contributed by atoms with E-state index in [1.54, 1.807) is 0 Å². The molecule has 0 amide bonds. The van der Waals surface area contributed by atoms with E-state index in [9.17, 15) is 4.79 Å². The largest absolute Gasteiger partial charge is 0.302 e. The number of nitrogens with one attached hydrogen (secondary N) is 1. The van der Waals surface area contributed by atoms with E-state index in [4.69, 9.17) is 4.84 Å². The van der Waals surface area contributed by atoms with Crippen LogP contribution in [0.4, 0.5) is 0 Å². The number of likely N-dealkylation sites (tertiary alicyclic amines) is 1. The van der Waals surface area contributed by atoms with Gasteiger partial charge in [-0.15, -0.1) is 0 Å². The van der Waals surface area contributed by atoms with Crippen LogP contribution in [-0.4, -0.2) is 42.5 Å². The third-order valence-corrected chi connectivity index (χ3v) is 4.92. The molecule has 0 aromatic heterocycles. The molecule has 1 aliphatic heterocycles. The quantitative estimate of drug-likeness (QED) is 0.472. The van der Waals surface area contributed by atoms with Crippen LogP contribution in [0.1, 0.15) is 52.5 Å². The lowest BCUT2D eigenvalue weighted by atomic mass is 9.74. The van der Waals surface area contributed by atoms with Crippen molar-refractivity contribution in [1.29, 1.82) is 0 Å². The van der Waals surface area contributed by atoms with E-state index in [1.165, 1.54) is 5.56 Å². The number of piperidine rings is 1. The summed E-state index contributed by atoms with van der Waals surface area (Å²) in [6.45, 7) is 11.0. The third kappa shape index (κ3) is 5.40. The average Bonchev–Trinajstić information content (AvgIpc) is 2.56. The number of aldehydes is 1. The number of hydrogen-bond acceptors (Lipinski definition) is 4. The number of nitrogens with zero attached hydrogens (tertiary/aromatic N) is 1. The highest BCUT2D eigenvalue weighted by Gasteiger charge is 2.33. The molecule has 134 valence electrons. The van der Waals surface area contributed by atoms with Gasteiger partial charge in [-0.2, -0.15) is 0 Å². The zero-order valence-electron chi connectivity index (χ0n) is 15.5. The lowest BCUT2D eigenvalue weighted by molar-refractivity contribution is -0.114. The summed E-state index contributed by atoms with van der Waals surface area (Å²) in [5, 5.41) is 0. The molecule has 2 rings (SSSR count). The molecular formula is C20H32N2O2. The van der Waals surface area contributed by atoms with Gasteiger partial charge < -0.3 is 4.79 Å². The molecule has 1 saturated heterocycles. The number of hydrogen-bond donors (Lipinski definition) is 1. The van der Waals surface area contributed by atoms with Gasteiger partial charge in [0.25, 0.3) is 0 Å². The van der Waals surface area contributed by atoms with Gasteiger partial charge in [0.15, 0.2) is 0 Å². The molecule has 1 aromatic rings. The normalized spacial score (nSPS) is 19.8. The minimum absolute atomic E-state index is 0.0265. The molecule has 0 bridgehead atoms. The summed E-state index contributed by atoms with van der Waals surface area (Å²) in [5.74, 6) is 0. The van der Waals surface area contributed by atoms with Crippen LogP contribution in [0.15, 0.2) is 30.3 Å². The predicted molar refractivity (Wildman–Crippen MR) is 97.9 cm³/mol. The molecule has 4 nitrogen and oxygen atoms in total. The lowest BCUT2D eigenvalue weighted by Gasteiger charge is -2.41. The third-order valence-electron chi connectivity index (χ3n) is 4.92. The first-order chi connectivity index (χ1) is 11.3. The van der Waals surface area contributed by atoms with Crippen molar-refractivity contribution in [3.05, 3.63) is 35.9 Å². The number of hydroxylamine groups is 1. The molecular weight excluding hydrogens is 300 g/mol. The Kier molecular flexibility index (Phi) is 6.55. The lowest BCUT2D eigenvalue weighted by Crippen LogP contribution is -2.47. The van der Waals surface area contributed by atoms with Gasteiger partial charge in [0, 0.05) is 6.54 Å².